The second-order valence-corrected chi connectivity index (χ2v) is 6.42. The molecule has 8 nitrogen and oxygen atoms in total. The maximum absolute atomic E-state index is 8.73. The SMILES string of the molecule is C=CN(C)C(=NC)n1ncc(C#N)c1N.Nc1ccc(N2CCCCC2)cc1. The van der Waals surface area contributed by atoms with Crippen LogP contribution in [0.15, 0.2) is 48.2 Å². The van der Waals surface area contributed by atoms with Crippen LogP contribution in [0.1, 0.15) is 24.8 Å². The number of aromatic nitrogens is 2. The Hall–Kier alpha value is -3.47. The molecule has 148 valence electrons. The van der Waals surface area contributed by atoms with Gasteiger partial charge in [0.25, 0.3) is 0 Å². The van der Waals surface area contributed by atoms with Crippen LogP contribution in [0.2, 0.25) is 0 Å². The van der Waals surface area contributed by atoms with Gasteiger partial charge in [-0.05, 0) is 49.7 Å². The molecule has 0 unspecified atom stereocenters. The molecule has 1 aromatic heterocycles. The van der Waals surface area contributed by atoms with Crippen molar-refractivity contribution in [2.45, 2.75) is 19.3 Å². The predicted molar refractivity (Wildman–Crippen MR) is 115 cm³/mol. The average molecular weight is 381 g/mol. The summed E-state index contributed by atoms with van der Waals surface area (Å²) in [5, 5.41) is 12.7. The van der Waals surface area contributed by atoms with Crippen molar-refractivity contribution in [3.63, 3.8) is 0 Å². The Labute approximate surface area is 166 Å². The molecule has 0 atom stereocenters. The summed E-state index contributed by atoms with van der Waals surface area (Å²) in [7, 11) is 3.38. The fourth-order valence-electron chi connectivity index (χ4n) is 2.92. The van der Waals surface area contributed by atoms with Crippen LogP contribution in [0.4, 0.5) is 17.2 Å². The van der Waals surface area contributed by atoms with E-state index >= 15 is 0 Å². The number of hydrogen-bond donors (Lipinski definition) is 2. The summed E-state index contributed by atoms with van der Waals surface area (Å²) in [5.74, 6) is 0.774. The van der Waals surface area contributed by atoms with Crippen LogP contribution in [0.25, 0.3) is 0 Å². The minimum Gasteiger partial charge on any atom is -0.399 e. The van der Waals surface area contributed by atoms with E-state index in [0.29, 0.717) is 11.5 Å². The topological polar surface area (TPSA) is 112 Å². The molecule has 3 rings (SSSR count). The first-order valence-corrected chi connectivity index (χ1v) is 9.18. The van der Waals surface area contributed by atoms with Crippen molar-refractivity contribution >= 4 is 23.2 Å². The molecule has 1 saturated heterocycles. The molecule has 2 heterocycles. The maximum Gasteiger partial charge on any atom is 0.227 e. The zero-order valence-electron chi connectivity index (χ0n) is 16.5. The van der Waals surface area contributed by atoms with Crippen LogP contribution in [0.3, 0.4) is 0 Å². The van der Waals surface area contributed by atoms with Crippen molar-refractivity contribution in [3.05, 3.63) is 48.8 Å². The number of nitrogens with two attached hydrogens (primary N) is 2. The largest absolute Gasteiger partial charge is 0.399 e. The first-order valence-electron chi connectivity index (χ1n) is 9.18. The summed E-state index contributed by atoms with van der Waals surface area (Å²) in [4.78, 5) is 8.11. The normalized spacial score (nSPS) is 13.9. The molecular formula is C20H28N8. The molecule has 28 heavy (non-hydrogen) atoms. The van der Waals surface area contributed by atoms with E-state index < -0.39 is 0 Å². The lowest BCUT2D eigenvalue weighted by Crippen LogP contribution is -2.30. The number of rotatable bonds is 2. The molecule has 1 aliphatic rings. The Kier molecular flexibility index (Phi) is 7.45. The van der Waals surface area contributed by atoms with Crippen LogP contribution < -0.4 is 16.4 Å². The summed E-state index contributed by atoms with van der Waals surface area (Å²) in [6, 6.07) is 10.1. The first kappa shape index (κ1) is 20.8. The van der Waals surface area contributed by atoms with E-state index in [1.165, 1.54) is 48.9 Å². The highest BCUT2D eigenvalue weighted by molar-refractivity contribution is 5.85. The Morgan fingerprint density at radius 3 is 2.39 bits per heavy atom. The third kappa shape index (κ3) is 5.04. The smallest absolute Gasteiger partial charge is 0.227 e. The maximum atomic E-state index is 8.73. The van der Waals surface area contributed by atoms with Gasteiger partial charge in [-0.2, -0.15) is 15.0 Å². The molecule has 1 aliphatic heterocycles. The lowest BCUT2D eigenvalue weighted by molar-refractivity contribution is 0.578. The minimum atomic E-state index is 0.270. The standard InChI is InChI=1S/C11H16N2.C9H12N6/c12-10-4-6-11(7-5-10)13-8-2-1-3-9-13;1-4-14(3)9(12-2)15-8(11)7(5-10)6-13-15/h4-7H,1-3,8-9,12H2;4,6H,1,11H2,2-3H3. The van der Waals surface area contributed by atoms with E-state index in [0.717, 1.165) is 5.69 Å². The van der Waals surface area contributed by atoms with Crippen molar-refractivity contribution in [1.82, 2.24) is 14.7 Å². The molecule has 0 saturated carbocycles. The molecule has 0 spiro atoms. The highest BCUT2D eigenvalue weighted by Crippen LogP contribution is 2.20. The van der Waals surface area contributed by atoms with E-state index in [1.807, 2.05) is 18.2 Å². The van der Waals surface area contributed by atoms with E-state index in [1.54, 1.807) is 25.2 Å². The second kappa shape index (κ2) is 10.0. The van der Waals surface area contributed by atoms with Crippen LogP contribution >= 0.6 is 0 Å². The van der Waals surface area contributed by atoms with Gasteiger partial charge in [0.2, 0.25) is 5.96 Å². The summed E-state index contributed by atoms with van der Waals surface area (Å²) < 4.78 is 1.39. The van der Waals surface area contributed by atoms with Gasteiger partial charge >= 0.3 is 0 Å². The van der Waals surface area contributed by atoms with Crippen LogP contribution in [0, 0.1) is 11.3 Å². The van der Waals surface area contributed by atoms with Gasteiger partial charge in [0.15, 0.2) is 0 Å². The predicted octanol–water partition coefficient (Wildman–Crippen LogP) is 2.51. The second-order valence-electron chi connectivity index (χ2n) is 6.42. The fraction of sp³-hybridized carbons (Fsp3) is 0.350. The zero-order chi connectivity index (χ0) is 20.5. The molecule has 1 aromatic carbocycles. The summed E-state index contributed by atoms with van der Waals surface area (Å²) in [6.45, 7) is 6.01. The van der Waals surface area contributed by atoms with Gasteiger partial charge in [0.1, 0.15) is 17.5 Å². The molecule has 0 aliphatic carbocycles. The lowest BCUT2D eigenvalue weighted by atomic mass is 10.1. The zero-order valence-corrected chi connectivity index (χ0v) is 16.5. The molecule has 2 aromatic rings. The van der Waals surface area contributed by atoms with Crippen LogP contribution in [-0.4, -0.2) is 47.8 Å². The van der Waals surface area contributed by atoms with Gasteiger partial charge in [-0.3, -0.25) is 4.99 Å². The monoisotopic (exact) mass is 380 g/mol. The Morgan fingerprint density at radius 2 is 1.89 bits per heavy atom. The molecule has 1 fully saturated rings. The number of piperidine rings is 1. The van der Waals surface area contributed by atoms with Gasteiger partial charge < -0.3 is 21.3 Å². The first-order chi connectivity index (χ1) is 13.5. The molecule has 8 heteroatoms. The van der Waals surface area contributed by atoms with Gasteiger partial charge in [-0.1, -0.05) is 6.58 Å². The van der Waals surface area contributed by atoms with Crippen molar-refractivity contribution in [2.75, 3.05) is 43.6 Å². The highest BCUT2D eigenvalue weighted by Gasteiger charge is 2.13. The fourth-order valence-corrected chi connectivity index (χ4v) is 2.92. The van der Waals surface area contributed by atoms with E-state index in [4.69, 9.17) is 16.7 Å². The number of nitrogen functional groups attached to an aromatic ring is 2. The van der Waals surface area contributed by atoms with Gasteiger partial charge in [0, 0.05) is 38.6 Å². The molecule has 0 amide bonds. The Bertz CT molecular complexity index is 838. The van der Waals surface area contributed by atoms with E-state index in [2.05, 4.69) is 33.7 Å². The van der Waals surface area contributed by atoms with E-state index in [-0.39, 0.29) is 5.82 Å². The quantitative estimate of drug-likeness (QED) is 0.470. The number of anilines is 3. The average Bonchev–Trinajstić information content (AvgIpc) is 3.10. The number of benzene rings is 1. The third-order valence-electron chi connectivity index (χ3n) is 4.52. The molecule has 0 radical (unpaired) electrons. The molecule has 4 N–H and O–H groups in total. The van der Waals surface area contributed by atoms with Crippen molar-refractivity contribution in [2.24, 2.45) is 4.99 Å². The number of nitrogens with zero attached hydrogens (tertiary/aromatic N) is 6. The summed E-state index contributed by atoms with van der Waals surface area (Å²) in [6.07, 6.45) is 7.01. The van der Waals surface area contributed by atoms with Crippen molar-refractivity contribution in [3.8, 4) is 6.07 Å². The Morgan fingerprint density at radius 1 is 1.25 bits per heavy atom. The van der Waals surface area contributed by atoms with Gasteiger partial charge in [0.05, 0.1) is 6.20 Å². The third-order valence-corrected chi connectivity index (χ3v) is 4.52. The van der Waals surface area contributed by atoms with Gasteiger partial charge in [-0.15, -0.1) is 0 Å². The van der Waals surface area contributed by atoms with Crippen LogP contribution in [-0.2, 0) is 0 Å². The molecule has 0 bridgehead atoms. The van der Waals surface area contributed by atoms with Crippen molar-refractivity contribution < 1.29 is 0 Å². The summed E-state index contributed by atoms with van der Waals surface area (Å²) >= 11 is 0. The van der Waals surface area contributed by atoms with Gasteiger partial charge in [-0.25, -0.2) is 0 Å². The molecular weight excluding hydrogens is 352 g/mol. The number of aliphatic imine (C=N–C) groups is 1. The summed E-state index contributed by atoms with van der Waals surface area (Å²) in [5.41, 5.74) is 13.8. The van der Waals surface area contributed by atoms with Crippen LogP contribution in [0.5, 0.6) is 0 Å². The van der Waals surface area contributed by atoms with Crippen molar-refractivity contribution in [1.29, 1.82) is 5.26 Å². The van der Waals surface area contributed by atoms with E-state index in [9.17, 15) is 0 Å². The lowest BCUT2D eigenvalue weighted by Gasteiger charge is -2.28. The number of nitriles is 1. The minimum absolute atomic E-state index is 0.270. The highest BCUT2D eigenvalue weighted by atomic mass is 15.4. The Balaban J connectivity index is 0.000000202. The number of hydrogen-bond acceptors (Lipinski definition) is 6.